The topological polar surface area (TPSA) is 202 Å². The Labute approximate surface area is 423 Å². The van der Waals surface area contributed by atoms with Gasteiger partial charge in [-0.15, -0.1) is 0 Å². The van der Waals surface area contributed by atoms with Gasteiger partial charge in [0.1, 0.15) is 30.6 Å². The third-order valence-corrected chi connectivity index (χ3v) is 13.0. The lowest BCUT2D eigenvalue weighted by molar-refractivity contribution is -0.179. The van der Waals surface area contributed by atoms with Gasteiger partial charge in [-0.25, -0.2) is 9.59 Å². The Hall–Kier alpha value is -4.88. The SMILES string of the molecule is C=CCOC(=O)C(C)OCCOCCOCCN1CCNCC1Cc1ccc([C@H]2O[C@@H]2[C@@H](C)[C@@H]2C/C=C\C(=O)N[C@H](Cc3ccc(OC)c(Cl)c3)C(=O)NCC(C)(C)C(=O)O[C@@H](CC(C)C)C(=O)O2)cc1. The number of hydrogen-bond donors (Lipinski definition) is 3. The molecular formula is C53H75ClN4O13. The van der Waals surface area contributed by atoms with E-state index in [1.165, 1.54) is 24.8 Å². The lowest BCUT2D eigenvalue weighted by Gasteiger charge is -2.36. The van der Waals surface area contributed by atoms with Crippen molar-refractivity contribution in [2.45, 2.75) is 110 Å². The number of esters is 3. The van der Waals surface area contributed by atoms with Crippen LogP contribution in [0.2, 0.25) is 5.02 Å². The van der Waals surface area contributed by atoms with E-state index in [1.807, 2.05) is 20.8 Å². The molecule has 0 spiro atoms. The Bertz CT molecular complexity index is 2100. The van der Waals surface area contributed by atoms with Crippen LogP contribution >= 0.6 is 11.6 Å². The van der Waals surface area contributed by atoms with Crippen LogP contribution in [0.5, 0.6) is 5.75 Å². The first kappa shape index (κ1) is 57.0. The molecule has 2 fully saturated rings. The number of halogens is 1. The van der Waals surface area contributed by atoms with Gasteiger partial charge in [0.05, 0.1) is 56.7 Å². The van der Waals surface area contributed by atoms with Crippen LogP contribution < -0.4 is 20.7 Å². The maximum absolute atomic E-state index is 13.9. The molecule has 0 bridgehead atoms. The minimum atomic E-state index is -1.24. The van der Waals surface area contributed by atoms with Crippen molar-refractivity contribution in [1.29, 1.82) is 0 Å². The van der Waals surface area contributed by atoms with Gasteiger partial charge in [-0.2, -0.15) is 0 Å². The average molecular weight is 1010 g/mol. The summed E-state index contributed by atoms with van der Waals surface area (Å²) < 4.78 is 45.5. The lowest BCUT2D eigenvalue weighted by atomic mass is 9.92. The van der Waals surface area contributed by atoms with Crippen molar-refractivity contribution >= 4 is 41.3 Å². The number of epoxide rings is 1. The second-order valence-corrected chi connectivity index (χ2v) is 19.8. The van der Waals surface area contributed by atoms with E-state index in [0.29, 0.717) is 42.8 Å². The molecule has 3 aliphatic rings. The smallest absolute Gasteiger partial charge is 0.347 e. The van der Waals surface area contributed by atoms with Crippen molar-refractivity contribution in [2.75, 3.05) is 79.5 Å². The van der Waals surface area contributed by atoms with Crippen molar-refractivity contribution in [2.24, 2.45) is 17.3 Å². The van der Waals surface area contributed by atoms with Gasteiger partial charge >= 0.3 is 17.9 Å². The van der Waals surface area contributed by atoms with E-state index in [2.05, 4.69) is 51.7 Å². The number of cyclic esters (lactones) is 2. The molecule has 18 heteroatoms. The predicted molar refractivity (Wildman–Crippen MR) is 267 cm³/mol. The standard InChI is InChI=1S/C53H75ClN4O13/c1-9-22-68-50(61)36(5)67-27-26-66-25-24-65-23-21-58-20-19-55-32-40(58)29-37-13-16-39(17-14-37)48-47(71-48)35(4)43-11-10-12-46(59)57-42(31-38-15-18-44(64-8)41(54)30-38)49(60)56-33-53(6,7)52(63)70-45(28-34(2)3)51(62)69-43/h9-10,12-18,30,34-36,40,42-43,45,47-48,55H,1,11,19-29,31-33H2,2-8H3,(H,56,60)(H,57,59)/b12-10-/t35-,36?,40?,42+,43-,45-,47+,48+/m0/s1. The van der Waals surface area contributed by atoms with Gasteiger partial charge in [0.15, 0.2) is 12.2 Å². The number of carbonyl (C=O) groups excluding carboxylic acids is 5. The van der Waals surface area contributed by atoms with Crippen molar-refractivity contribution in [3.05, 3.63) is 89.0 Å². The molecule has 71 heavy (non-hydrogen) atoms. The number of amides is 2. The minimum Gasteiger partial charge on any atom is -0.495 e. The molecule has 3 N–H and O–H groups in total. The lowest BCUT2D eigenvalue weighted by Crippen LogP contribution is -2.53. The highest BCUT2D eigenvalue weighted by Crippen LogP contribution is 2.45. The monoisotopic (exact) mass is 1010 g/mol. The Balaban J connectivity index is 1.18. The van der Waals surface area contributed by atoms with Crippen molar-refractivity contribution in [1.82, 2.24) is 20.9 Å². The minimum absolute atomic E-state index is 0.0149. The summed E-state index contributed by atoms with van der Waals surface area (Å²) >= 11 is 6.39. The summed E-state index contributed by atoms with van der Waals surface area (Å²) in [5.41, 5.74) is 1.63. The Morgan fingerprint density at radius 1 is 0.958 bits per heavy atom. The predicted octanol–water partition coefficient (Wildman–Crippen LogP) is 5.11. The molecule has 2 unspecified atom stereocenters. The summed E-state index contributed by atoms with van der Waals surface area (Å²) in [7, 11) is 1.50. The molecule has 0 radical (unpaired) electrons. The Kier molecular flexibility index (Phi) is 22.8. The molecule has 0 aromatic heterocycles. The van der Waals surface area contributed by atoms with Crippen LogP contribution in [0.3, 0.4) is 0 Å². The highest BCUT2D eigenvalue weighted by molar-refractivity contribution is 6.32. The zero-order chi connectivity index (χ0) is 51.5. The normalized spacial score (nSPS) is 24.7. The van der Waals surface area contributed by atoms with Crippen LogP contribution in [0, 0.1) is 17.3 Å². The molecule has 0 aliphatic carbocycles. The Morgan fingerprint density at radius 3 is 2.38 bits per heavy atom. The van der Waals surface area contributed by atoms with Crippen LogP contribution in [-0.4, -0.2) is 151 Å². The van der Waals surface area contributed by atoms with E-state index in [9.17, 15) is 24.0 Å². The molecule has 392 valence electrons. The van der Waals surface area contributed by atoms with E-state index in [4.69, 9.17) is 49.5 Å². The molecule has 3 aliphatic heterocycles. The van der Waals surface area contributed by atoms with Crippen LogP contribution in [0.25, 0.3) is 0 Å². The van der Waals surface area contributed by atoms with Crippen LogP contribution in [0.4, 0.5) is 0 Å². The third-order valence-electron chi connectivity index (χ3n) is 12.7. The maximum atomic E-state index is 13.9. The summed E-state index contributed by atoms with van der Waals surface area (Å²) in [5.74, 6) is -2.69. The van der Waals surface area contributed by atoms with E-state index < -0.39 is 59.5 Å². The van der Waals surface area contributed by atoms with Gasteiger partial charge in [-0.05, 0) is 74.4 Å². The number of nitrogens with zero attached hydrogens (tertiary/aromatic N) is 1. The summed E-state index contributed by atoms with van der Waals surface area (Å²) in [5, 5.41) is 9.47. The van der Waals surface area contributed by atoms with Crippen LogP contribution in [0.15, 0.2) is 67.3 Å². The molecular weight excluding hydrogens is 936 g/mol. The number of benzene rings is 2. The summed E-state index contributed by atoms with van der Waals surface area (Å²) in [4.78, 5) is 69.0. The number of carbonyl (C=O) groups is 5. The number of hydrogen-bond acceptors (Lipinski definition) is 15. The van der Waals surface area contributed by atoms with Gasteiger partial charge < -0.3 is 53.8 Å². The molecule has 17 nitrogen and oxygen atoms in total. The first-order chi connectivity index (χ1) is 34.0. The Morgan fingerprint density at radius 2 is 1.68 bits per heavy atom. The first-order valence-corrected chi connectivity index (χ1v) is 25.1. The maximum Gasteiger partial charge on any atom is 0.347 e. The fourth-order valence-electron chi connectivity index (χ4n) is 8.35. The second kappa shape index (κ2) is 28.4. The number of methoxy groups -OCH3 is 1. The molecule has 2 aromatic carbocycles. The molecule has 8 atom stereocenters. The molecule has 2 saturated heterocycles. The average Bonchev–Trinajstić information content (AvgIpc) is 4.15. The van der Waals surface area contributed by atoms with E-state index >= 15 is 0 Å². The molecule has 5 rings (SSSR count). The van der Waals surface area contributed by atoms with Crippen LogP contribution in [-0.2, 0) is 70.0 Å². The summed E-state index contributed by atoms with van der Waals surface area (Å²) in [6.07, 6.45) is 2.66. The van der Waals surface area contributed by atoms with Gasteiger partial charge in [0, 0.05) is 57.5 Å². The van der Waals surface area contributed by atoms with E-state index in [1.54, 1.807) is 45.0 Å². The molecule has 3 heterocycles. The molecule has 0 saturated carbocycles. The highest BCUT2D eigenvalue weighted by Gasteiger charge is 2.48. The largest absolute Gasteiger partial charge is 0.495 e. The summed E-state index contributed by atoms with van der Waals surface area (Å²) in [6.45, 7) is 19.7. The van der Waals surface area contributed by atoms with Crippen molar-refractivity contribution < 1.29 is 61.9 Å². The highest BCUT2D eigenvalue weighted by atomic mass is 35.5. The van der Waals surface area contributed by atoms with E-state index in [-0.39, 0.29) is 69.1 Å². The molecule has 2 amide bonds. The van der Waals surface area contributed by atoms with Gasteiger partial charge in [-0.1, -0.05) is 81.4 Å². The number of ether oxygens (including phenoxy) is 8. The third kappa shape index (κ3) is 18.3. The summed E-state index contributed by atoms with van der Waals surface area (Å²) in [6, 6.07) is 12.8. The van der Waals surface area contributed by atoms with Crippen LogP contribution in [0.1, 0.15) is 77.2 Å². The zero-order valence-electron chi connectivity index (χ0n) is 42.4. The van der Waals surface area contributed by atoms with Crippen molar-refractivity contribution in [3.63, 3.8) is 0 Å². The second-order valence-electron chi connectivity index (χ2n) is 19.3. The fraction of sp³-hybridized carbons (Fsp3) is 0.604. The molecule has 2 aromatic rings. The zero-order valence-corrected chi connectivity index (χ0v) is 43.2. The van der Waals surface area contributed by atoms with Gasteiger partial charge in [0.25, 0.3) is 0 Å². The first-order valence-electron chi connectivity index (χ1n) is 24.7. The number of rotatable bonds is 23. The van der Waals surface area contributed by atoms with E-state index in [0.717, 1.165) is 38.2 Å². The van der Waals surface area contributed by atoms with Crippen molar-refractivity contribution in [3.8, 4) is 5.75 Å². The quantitative estimate of drug-likeness (QED) is 0.0436. The number of nitrogens with one attached hydrogen (secondary N) is 3. The fourth-order valence-corrected chi connectivity index (χ4v) is 8.63. The van der Waals surface area contributed by atoms with Gasteiger partial charge in [0.2, 0.25) is 11.8 Å². The van der Waals surface area contributed by atoms with Gasteiger partial charge in [-0.3, -0.25) is 19.3 Å². The number of piperazine rings is 1.